The molecule has 30 heavy (non-hydrogen) atoms. The molecule has 0 bridgehead atoms. The van der Waals surface area contributed by atoms with Gasteiger partial charge in [-0.15, -0.1) is 0 Å². The minimum Gasteiger partial charge on any atom is -0.494 e. The van der Waals surface area contributed by atoms with Crippen LogP contribution in [0.5, 0.6) is 5.88 Å². The number of carboxylic acid groups (broad SMARTS) is 1. The van der Waals surface area contributed by atoms with Crippen molar-refractivity contribution < 1.29 is 19.4 Å². The van der Waals surface area contributed by atoms with Crippen molar-refractivity contribution in [3.8, 4) is 17.0 Å². The van der Waals surface area contributed by atoms with Gasteiger partial charge in [0.05, 0.1) is 16.5 Å². The van der Waals surface area contributed by atoms with Crippen molar-refractivity contribution in [1.29, 1.82) is 0 Å². The molecule has 0 amide bonds. The Balaban J connectivity index is 1.69. The van der Waals surface area contributed by atoms with E-state index in [-0.39, 0.29) is 17.3 Å². The molecular formula is C24H19FN2O3. The fraction of sp³-hybridized carbons (Fsp3) is 0.167. The van der Waals surface area contributed by atoms with Crippen LogP contribution < -0.4 is 0 Å². The van der Waals surface area contributed by atoms with E-state index < -0.39 is 5.97 Å². The van der Waals surface area contributed by atoms with E-state index in [0.717, 1.165) is 53.0 Å². The number of carbonyl (C=O) groups is 1. The van der Waals surface area contributed by atoms with Crippen LogP contribution in [0.4, 0.5) is 4.39 Å². The van der Waals surface area contributed by atoms with Gasteiger partial charge in [0.1, 0.15) is 5.82 Å². The fourth-order valence-electron chi connectivity index (χ4n) is 4.24. The van der Waals surface area contributed by atoms with Crippen molar-refractivity contribution >= 4 is 16.9 Å². The number of nitrogens with zero attached hydrogens (tertiary/aromatic N) is 2. The molecule has 2 N–H and O–H groups in total. The molecule has 0 aliphatic carbocycles. The number of aromatic carboxylic acids is 1. The molecule has 150 valence electrons. The van der Waals surface area contributed by atoms with Crippen LogP contribution in [0.2, 0.25) is 0 Å². The second-order valence-corrected chi connectivity index (χ2v) is 7.60. The first kappa shape index (κ1) is 18.4. The van der Waals surface area contributed by atoms with Crippen molar-refractivity contribution in [3.63, 3.8) is 0 Å². The quantitative estimate of drug-likeness (QED) is 0.515. The molecule has 0 saturated heterocycles. The maximum atomic E-state index is 13.3. The summed E-state index contributed by atoms with van der Waals surface area (Å²) in [4.78, 5) is 16.1. The Morgan fingerprint density at radius 1 is 1.10 bits per heavy atom. The van der Waals surface area contributed by atoms with Crippen molar-refractivity contribution in [3.05, 3.63) is 82.9 Å². The van der Waals surface area contributed by atoms with Crippen LogP contribution in [0.25, 0.3) is 22.0 Å². The van der Waals surface area contributed by atoms with Gasteiger partial charge < -0.3 is 14.8 Å². The molecule has 1 aliphatic rings. The van der Waals surface area contributed by atoms with E-state index in [4.69, 9.17) is 4.98 Å². The molecule has 0 spiro atoms. The number of pyridine rings is 1. The third kappa shape index (κ3) is 3.01. The Labute approximate surface area is 172 Å². The number of fused-ring (bicyclic) bond motifs is 3. The Morgan fingerprint density at radius 2 is 1.83 bits per heavy atom. The summed E-state index contributed by atoms with van der Waals surface area (Å²) in [6, 6.07) is 14.9. The average Bonchev–Trinajstić information content (AvgIpc) is 3.33. The highest BCUT2D eigenvalue weighted by Crippen LogP contribution is 2.41. The summed E-state index contributed by atoms with van der Waals surface area (Å²) in [6.07, 6.45) is 2.34. The van der Waals surface area contributed by atoms with Crippen LogP contribution in [0.3, 0.4) is 0 Å². The number of aryl methyl sites for hydroxylation is 1. The second-order valence-electron chi connectivity index (χ2n) is 7.60. The monoisotopic (exact) mass is 402 g/mol. The van der Waals surface area contributed by atoms with Crippen molar-refractivity contribution in [1.82, 2.24) is 9.55 Å². The third-order valence-electron chi connectivity index (χ3n) is 5.69. The predicted molar refractivity (Wildman–Crippen MR) is 111 cm³/mol. The van der Waals surface area contributed by atoms with Gasteiger partial charge in [0.2, 0.25) is 5.88 Å². The van der Waals surface area contributed by atoms with Crippen LogP contribution in [-0.2, 0) is 19.4 Å². The third-order valence-corrected chi connectivity index (χ3v) is 5.69. The molecule has 0 saturated carbocycles. The Kier molecular flexibility index (Phi) is 4.28. The molecule has 5 rings (SSSR count). The molecule has 0 atom stereocenters. The Bertz CT molecular complexity index is 1280. The van der Waals surface area contributed by atoms with E-state index in [1.54, 1.807) is 36.4 Å². The van der Waals surface area contributed by atoms with Crippen LogP contribution >= 0.6 is 0 Å². The maximum Gasteiger partial charge on any atom is 0.335 e. The van der Waals surface area contributed by atoms with E-state index >= 15 is 0 Å². The van der Waals surface area contributed by atoms with Gasteiger partial charge in [0.15, 0.2) is 0 Å². The lowest BCUT2D eigenvalue weighted by Gasteiger charge is -2.10. The summed E-state index contributed by atoms with van der Waals surface area (Å²) >= 11 is 0. The first-order chi connectivity index (χ1) is 14.5. The maximum absolute atomic E-state index is 13.3. The zero-order valence-electron chi connectivity index (χ0n) is 16.1. The van der Waals surface area contributed by atoms with Gasteiger partial charge in [-0.2, -0.15) is 0 Å². The highest BCUT2D eigenvalue weighted by Gasteiger charge is 2.25. The van der Waals surface area contributed by atoms with Crippen LogP contribution in [0.15, 0.2) is 54.6 Å². The van der Waals surface area contributed by atoms with Crippen LogP contribution in [0.1, 0.15) is 33.7 Å². The van der Waals surface area contributed by atoms with Crippen molar-refractivity contribution in [2.75, 3.05) is 0 Å². The SMILES string of the molecule is O=C(O)c1ccc(-c2cc(Cc3ccc(F)cc3)nc3c4n(c(O)c23)CCC4)cc1. The lowest BCUT2D eigenvalue weighted by atomic mass is 9.98. The fourth-order valence-corrected chi connectivity index (χ4v) is 4.24. The normalized spacial score (nSPS) is 13.0. The van der Waals surface area contributed by atoms with Crippen LogP contribution in [-0.4, -0.2) is 25.7 Å². The largest absolute Gasteiger partial charge is 0.494 e. The van der Waals surface area contributed by atoms with E-state index in [2.05, 4.69) is 0 Å². The molecule has 3 heterocycles. The Morgan fingerprint density at radius 3 is 2.53 bits per heavy atom. The van der Waals surface area contributed by atoms with E-state index in [9.17, 15) is 19.4 Å². The number of benzene rings is 2. The standard InChI is InChI=1S/C24H19FN2O3/c25-17-9-3-14(4-10-17)12-18-13-19(15-5-7-16(8-6-15)24(29)30)21-22(26-18)20-2-1-11-27(20)23(21)28/h3-10,13,28H,1-2,11-12H2,(H,29,30). The summed E-state index contributed by atoms with van der Waals surface area (Å²) < 4.78 is 15.2. The summed E-state index contributed by atoms with van der Waals surface area (Å²) in [6.45, 7) is 0.752. The summed E-state index contributed by atoms with van der Waals surface area (Å²) in [7, 11) is 0. The zero-order valence-corrected chi connectivity index (χ0v) is 16.1. The molecular weight excluding hydrogens is 383 g/mol. The summed E-state index contributed by atoms with van der Waals surface area (Å²) in [5.74, 6) is -1.06. The second kappa shape index (κ2) is 6.99. The van der Waals surface area contributed by atoms with Crippen LogP contribution in [0, 0.1) is 5.82 Å². The van der Waals surface area contributed by atoms with Gasteiger partial charge in [0.25, 0.3) is 0 Å². The van der Waals surface area contributed by atoms with Gasteiger partial charge in [-0.3, -0.25) is 4.98 Å². The van der Waals surface area contributed by atoms with Gasteiger partial charge in [-0.1, -0.05) is 24.3 Å². The van der Waals surface area contributed by atoms with Crippen molar-refractivity contribution in [2.24, 2.45) is 0 Å². The number of aromatic hydroxyl groups is 1. The Hall–Kier alpha value is -3.67. The number of hydrogen-bond donors (Lipinski definition) is 2. The summed E-state index contributed by atoms with van der Waals surface area (Å²) in [5.41, 5.74) is 5.39. The van der Waals surface area contributed by atoms with Gasteiger partial charge in [0, 0.05) is 24.4 Å². The zero-order chi connectivity index (χ0) is 20.8. The molecule has 1 aliphatic heterocycles. The van der Waals surface area contributed by atoms with Gasteiger partial charge >= 0.3 is 5.97 Å². The number of hydrogen-bond acceptors (Lipinski definition) is 3. The predicted octanol–water partition coefficient (Wildman–Crippen LogP) is 4.78. The number of rotatable bonds is 4. The minimum absolute atomic E-state index is 0.204. The molecule has 0 fully saturated rings. The van der Waals surface area contributed by atoms with E-state index in [1.807, 2.05) is 10.6 Å². The highest BCUT2D eigenvalue weighted by atomic mass is 19.1. The smallest absolute Gasteiger partial charge is 0.335 e. The van der Waals surface area contributed by atoms with E-state index in [1.165, 1.54) is 12.1 Å². The summed E-state index contributed by atoms with van der Waals surface area (Å²) in [5, 5.41) is 20.8. The lowest BCUT2D eigenvalue weighted by molar-refractivity contribution is 0.0697. The molecule has 5 nitrogen and oxygen atoms in total. The first-order valence-electron chi connectivity index (χ1n) is 9.83. The number of carboxylic acids is 1. The highest BCUT2D eigenvalue weighted by molar-refractivity contribution is 6.01. The molecule has 6 heteroatoms. The molecule has 2 aromatic heterocycles. The lowest BCUT2D eigenvalue weighted by Crippen LogP contribution is -1.97. The molecule has 0 unspecified atom stereocenters. The molecule has 0 radical (unpaired) electrons. The topological polar surface area (TPSA) is 75.3 Å². The number of aromatic nitrogens is 2. The molecule has 2 aromatic carbocycles. The van der Waals surface area contributed by atoms with Gasteiger partial charge in [-0.25, -0.2) is 9.18 Å². The first-order valence-corrected chi connectivity index (χ1v) is 9.83. The van der Waals surface area contributed by atoms with E-state index in [0.29, 0.717) is 11.8 Å². The van der Waals surface area contributed by atoms with Crippen molar-refractivity contribution in [2.45, 2.75) is 25.8 Å². The van der Waals surface area contributed by atoms with Gasteiger partial charge in [-0.05, 0) is 59.9 Å². The minimum atomic E-state index is -0.982. The molecule has 4 aromatic rings. The average molecular weight is 402 g/mol. The number of halogens is 1.